The Balaban J connectivity index is 2.28. The minimum Gasteiger partial charge on any atom is -0.319 e. The summed E-state index contributed by atoms with van der Waals surface area (Å²) in [6.07, 6.45) is 0. The number of rotatable bonds is 2. The first kappa shape index (κ1) is 12.6. The molecule has 1 aromatic heterocycles. The third kappa shape index (κ3) is 2.38. The van der Waals surface area contributed by atoms with Gasteiger partial charge in [-0.05, 0) is 38.5 Å². The number of hydrogen-bond donors (Lipinski definition) is 2. The molecule has 0 saturated heterocycles. The number of hydrogen-bond acceptors (Lipinski definition) is 2. The van der Waals surface area contributed by atoms with Crippen molar-refractivity contribution in [2.45, 2.75) is 20.8 Å². The summed E-state index contributed by atoms with van der Waals surface area (Å²) < 4.78 is 0. The highest BCUT2D eigenvalue weighted by Crippen LogP contribution is 2.21. The second-order valence-electron chi connectivity index (χ2n) is 4.25. The van der Waals surface area contributed by atoms with Crippen molar-refractivity contribution in [1.29, 1.82) is 0 Å². The number of anilines is 1. The molecule has 5 heteroatoms. The molecule has 18 heavy (non-hydrogen) atoms. The monoisotopic (exact) mass is 263 g/mol. The van der Waals surface area contributed by atoms with Crippen LogP contribution in [-0.2, 0) is 0 Å². The molecule has 0 aliphatic heterocycles. The topological polar surface area (TPSA) is 57.8 Å². The average molecular weight is 264 g/mol. The number of carbonyl (C=O) groups is 1. The maximum atomic E-state index is 12.1. The average Bonchev–Trinajstić information content (AvgIpc) is 2.60. The third-order valence-corrected chi connectivity index (χ3v) is 3.05. The molecule has 2 N–H and O–H groups in total. The molecule has 1 amide bonds. The van der Waals surface area contributed by atoms with Gasteiger partial charge >= 0.3 is 0 Å². The Kier molecular flexibility index (Phi) is 3.39. The van der Waals surface area contributed by atoms with Gasteiger partial charge in [-0.3, -0.25) is 9.89 Å². The lowest BCUT2D eigenvalue weighted by Gasteiger charge is -2.07. The molecule has 0 spiro atoms. The van der Waals surface area contributed by atoms with Crippen LogP contribution in [0.5, 0.6) is 0 Å². The highest BCUT2D eigenvalue weighted by Gasteiger charge is 2.14. The first-order valence-electron chi connectivity index (χ1n) is 5.58. The van der Waals surface area contributed by atoms with Crippen LogP contribution in [0.2, 0.25) is 5.02 Å². The van der Waals surface area contributed by atoms with Gasteiger partial charge in [0.05, 0.1) is 27.7 Å². The number of aromatic amines is 1. The summed E-state index contributed by atoms with van der Waals surface area (Å²) in [5.41, 5.74) is 3.76. The van der Waals surface area contributed by atoms with Gasteiger partial charge in [-0.15, -0.1) is 0 Å². The van der Waals surface area contributed by atoms with E-state index in [0.717, 1.165) is 17.0 Å². The van der Waals surface area contributed by atoms with Gasteiger partial charge in [-0.2, -0.15) is 5.10 Å². The molecule has 0 unspecified atom stereocenters. The Bertz CT molecular complexity index is 585. The number of H-pyrrole nitrogens is 1. The van der Waals surface area contributed by atoms with Crippen molar-refractivity contribution in [3.8, 4) is 0 Å². The molecule has 0 bridgehead atoms. The van der Waals surface area contributed by atoms with E-state index in [-0.39, 0.29) is 5.91 Å². The Morgan fingerprint density at radius 1 is 1.33 bits per heavy atom. The number of halogens is 1. The van der Waals surface area contributed by atoms with E-state index in [4.69, 9.17) is 11.6 Å². The van der Waals surface area contributed by atoms with Crippen molar-refractivity contribution in [2.24, 2.45) is 0 Å². The minimum atomic E-state index is -0.229. The number of aryl methyl sites for hydroxylation is 3. The van der Waals surface area contributed by atoms with Crippen molar-refractivity contribution >= 4 is 23.2 Å². The molecule has 0 fully saturated rings. The fraction of sp³-hybridized carbons (Fsp3) is 0.231. The van der Waals surface area contributed by atoms with Gasteiger partial charge in [0.1, 0.15) is 0 Å². The number of nitrogens with zero attached hydrogens (tertiary/aromatic N) is 1. The van der Waals surface area contributed by atoms with Gasteiger partial charge in [-0.1, -0.05) is 17.7 Å². The summed E-state index contributed by atoms with van der Waals surface area (Å²) in [6.45, 7) is 5.61. The molecule has 0 aliphatic rings. The molecule has 2 rings (SSSR count). The first-order valence-corrected chi connectivity index (χ1v) is 5.96. The largest absolute Gasteiger partial charge is 0.319 e. The highest BCUT2D eigenvalue weighted by molar-refractivity contribution is 6.34. The van der Waals surface area contributed by atoms with Crippen LogP contribution in [0.15, 0.2) is 18.2 Å². The zero-order chi connectivity index (χ0) is 13.3. The van der Waals surface area contributed by atoms with Crippen LogP contribution < -0.4 is 5.32 Å². The van der Waals surface area contributed by atoms with Crippen LogP contribution in [-0.4, -0.2) is 16.1 Å². The van der Waals surface area contributed by atoms with E-state index in [0.29, 0.717) is 16.3 Å². The summed E-state index contributed by atoms with van der Waals surface area (Å²) in [6, 6.07) is 5.35. The number of carbonyl (C=O) groups excluding carboxylic acids is 1. The lowest BCUT2D eigenvalue weighted by atomic mass is 10.1. The van der Waals surface area contributed by atoms with E-state index < -0.39 is 0 Å². The molecule has 0 atom stereocenters. The van der Waals surface area contributed by atoms with Gasteiger partial charge in [0.2, 0.25) is 0 Å². The van der Waals surface area contributed by atoms with Crippen LogP contribution in [0.4, 0.5) is 5.69 Å². The standard InChI is InChI=1S/C13H14ClN3O/c1-7-4-5-10(11(14)6-7)13(18)15-12-8(2)16-17-9(12)3/h4-6H,1-3H3,(H,15,18)(H,16,17). The molecule has 1 heterocycles. The summed E-state index contributed by atoms with van der Waals surface area (Å²) >= 11 is 6.06. The highest BCUT2D eigenvalue weighted by atomic mass is 35.5. The fourth-order valence-electron chi connectivity index (χ4n) is 1.72. The number of amides is 1. The number of aromatic nitrogens is 2. The van der Waals surface area contributed by atoms with Gasteiger partial charge in [0, 0.05) is 0 Å². The molecule has 0 saturated carbocycles. The van der Waals surface area contributed by atoms with Crippen molar-refractivity contribution in [2.75, 3.05) is 5.32 Å². The molecule has 2 aromatic rings. The van der Waals surface area contributed by atoms with E-state index >= 15 is 0 Å². The molecule has 0 aliphatic carbocycles. The smallest absolute Gasteiger partial charge is 0.257 e. The minimum absolute atomic E-state index is 0.229. The van der Waals surface area contributed by atoms with E-state index in [2.05, 4.69) is 15.5 Å². The molecule has 4 nitrogen and oxygen atoms in total. The van der Waals surface area contributed by atoms with Crippen molar-refractivity contribution in [1.82, 2.24) is 10.2 Å². The van der Waals surface area contributed by atoms with Crippen LogP contribution >= 0.6 is 11.6 Å². The van der Waals surface area contributed by atoms with E-state index in [1.807, 2.05) is 26.8 Å². The maximum Gasteiger partial charge on any atom is 0.257 e. The zero-order valence-corrected chi connectivity index (χ0v) is 11.2. The predicted molar refractivity (Wildman–Crippen MR) is 72.2 cm³/mol. The Morgan fingerprint density at radius 3 is 2.61 bits per heavy atom. The molecule has 1 aromatic carbocycles. The zero-order valence-electron chi connectivity index (χ0n) is 10.5. The number of benzene rings is 1. The quantitative estimate of drug-likeness (QED) is 0.874. The van der Waals surface area contributed by atoms with Crippen LogP contribution in [0.1, 0.15) is 27.3 Å². The van der Waals surface area contributed by atoms with Gasteiger partial charge < -0.3 is 5.32 Å². The molecule has 0 radical (unpaired) electrons. The SMILES string of the molecule is Cc1ccc(C(=O)Nc2c(C)n[nH]c2C)c(Cl)c1. The number of nitrogens with one attached hydrogen (secondary N) is 2. The molecule has 94 valence electrons. The Morgan fingerprint density at radius 2 is 2.06 bits per heavy atom. The lowest BCUT2D eigenvalue weighted by molar-refractivity contribution is 0.102. The Hall–Kier alpha value is -1.81. The molecular formula is C13H14ClN3O. The van der Waals surface area contributed by atoms with Crippen molar-refractivity contribution in [3.05, 3.63) is 45.7 Å². The Labute approximate surface area is 110 Å². The second kappa shape index (κ2) is 4.82. The van der Waals surface area contributed by atoms with Crippen molar-refractivity contribution < 1.29 is 4.79 Å². The normalized spacial score (nSPS) is 10.4. The van der Waals surface area contributed by atoms with Crippen molar-refractivity contribution in [3.63, 3.8) is 0 Å². The van der Waals surface area contributed by atoms with Crippen LogP contribution in [0, 0.1) is 20.8 Å². The second-order valence-corrected chi connectivity index (χ2v) is 4.65. The maximum absolute atomic E-state index is 12.1. The molecular weight excluding hydrogens is 250 g/mol. The van der Waals surface area contributed by atoms with E-state index in [1.165, 1.54) is 0 Å². The summed E-state index contributed by atoms with van der Waals surface area (Å²) in [4.78, 5) is 12.1. The van der Waals surface area contributed by atoms with E-state index in [9.17, 15) is 4.79 Å². The van der Waals surface area contributed by atoms with Gasteiger partial charge in [0.25, 0.3) is 5.91 Å². The van der Waals surface area contributed by atoms with E-state index in [1.54, 1.807) is 12.1 Å². The predicted octanol–water partition coefficient (Wildman–Crippen LogP) is 3.24. The first-order chi connectivity index (χ1) is 8.49. The van der Waals surface area contributed by atoms with Gasteiger partial charge in [-0.25, -0.2) is 0 Å². The third-order valence-electron chi connectivity index (χ3n) is 2.74. The summed E-state index contributed by atoms with van der Waals surface area (Å²) in [5, 5.41) is 10.1. The van der Waals surface area contributed by atoms with Crippen LogP contribution in [0.25, 0.3) is 0 Å². The summed E-state index contributed by atoms with van der Waals surface area (Å²) in [5.74, 6) is -0.229. The van der Waals surface area contributed by atoms with Gasteiger partial charge in [0.15, 0.2) is 0 Å². The lowest BCUT2D eigenvalue weighted by Crippen LogP contribution is -2.13. The fourth-order valence-corrected chi connectivity index (χ4v) is 2.04. The summed E-state index contributed by atoms with van der Waals surface area (Å²) in [7, 11) is 0. The van der Waals surface area contributed by atoms with Crippen LogP contribution in [0.3, 0.4) is 0 Å².